The molecule has 0 aliphatic carbocycles. The molecule has 1 saturated heterocycles. The fourth-order valence-electron chi connectivity index (χ4n) is 3.66. The third kappa shape index (κ3) is 6.60. The Hall–Kier alpha value is -2.84. The Morgan fingerprint density at radius 1 is 0.933 bits per heavy atom. The molecule has 0 unspecified atom stereocenters. The first-order valence-corrected chi connectivity index (χ1v) is 10.1. The van der Waals surface area contributed by atoms with Gasteiger partial charge in [0.1, 0.15) is 37.8 Å². The third-order valence-corrected chi connectivity index (χ3v) is 5.32. The highest BCUT2D eigenvalue weighted by Crippen LogP contribution is 2.08. The molecule has 0 saturated carbocycles. The number of quaternary nitrogens is 2. The predicted octanol–water partition coefficient (Wildman–Crippen LogP) is -0.655. The smallest absolute Gasteiger partial charge is 0.279 e. The van der Waals surface area contributed by atoms with Gasteiger partial charge in [-0.05, 0) is 35.9 Å². The third-order valence-electron chi connectivity index (χ3n) is 5.32. The van der Waals surface area contributed by atoms with Gasteiger partial charge in [-0.1, -0.05) is 18.2 Å². The standard InChI is InChI=1S/C22H26F2N4O2/c1-26(14-17-4-2-5-18(23)12-17)22(30)16-28-10-8-27(9-11-28)15-21(29)25-20-7-3-6-19(24)13-20/h2-7,12-13H,8-11,14-16H2,1H3,(H,25,29)/p+2. The number of piperazine rings is 1. The minimum absolute atomic E-state index is 0.0153. The summed E-state index contributed by atoms with van der Waals surface area (Å²) in [5.74, 6) is -0.824. The highest BCUT2D eigenvalue weighted by atomic mass is 19.1. The van der Waals surface area contributed by atoms with Gasteiger partial charge >= 0.3 is 0 Å². The van der Waals surface area contributed by atoms with E-state index in [4.69, 9.17) is 0 Å². The summed E-state index contributed by atoms with van der Waals surface area (Å²) in [6.07, 6.45) is 0. The Labute approximate surface area is 175 Å². The van der Waals surface area contributed by atoms with Gasteiger partial charge in [-0.25, -0.2) is 8.78 Å². The number of nitrogens with zero attached hydrogens (tertiary/aromatic N) is 1. The predicted molar refractivity (Wildman–Crippen MR) is 109 cm³/mol. The zero-order valence-corrected chi connectivity index (χ0v) is 17.1. The number of hydrogen-bond donors (Lipinski definition) is 3. The molecular formula is C22H28F2N4O2+2. The minimum atomic E-state index is -0.385. The van der Waals surface area contributed by atoms with Gasteiger partial charge in [0.25, 0.3) is 11.8 Å². The lowest BCUT2D eigenvalue weighted by Crippen LogP contribution is -3.28. The van der Waals surface area contributed by atoms with Crippen LogP contribution in [-0.2, 0) is 16.1 Å². The molecule has 1 heterocycles. The summed E-state index contributed by atoms with van der Waals surface area (Å²) in [6.45, 7) is 4.23. The van der Waals surface area contributed by atoms with E-state index in [1.807, 2.05) is 0 Å². The Bertz CT molecular complexity index is 885. The number of likely N-dealkylation sites (N-methyl/N-ethyl adjacent to an activating group) is 1. The van der Waals surface area contributed by atoms with E-state index in [1.54, 1.807) is 36.2 Å². The van der Waals surface area contributed by atoms with Crippen molar-refractivity contribution >= 4 is 17.5 Å². The number of nitrogens with one attached hydrogen (secondary N) is 3. The topological polar surface area (TPSA) is 58.3 Å². The number of anilines is 1. The lowest BCUT2D eigenvalue weighted by atomic mass is 10.2. The molecule has 2 amide bonds. The van der Waals surface area contributed by atoms with Crippen molar-refractivity contribution < 1.29 is 28.2 Å². The molecule has 6 nitrogen and oxygen atoms in total. The van der Waals surface area contributed by atoms with E-state index in [1.165, 1.54) is 29.2 Å². The zero-order valence-electron chi connectivity index (χ0n) is 17.1. The summed E-state index contributed by atoms with van der Waals surface area (Å²) in [6, 6.07) is 12.1. The lowest BCUT2D eigenvalue weighted by Gasteiger charge is -2.30. The highest BCUT2D eigenvalue weighted by Gasteiger charge is 2.27. The van der Waals surface area contributed by atoms with Gasteiger partial charge in [0.05, 0.1) is 0 Å². The molecule has 2 aromatic rings. The summed E-state index contributed by atoms with van der Waals surface area (Å²) >= 11 is 0. The molecular weight excluding hydrogens is 390 g/mol. The van der Waals surface area contributed by atoms with Crippen LogP contribution in [0.5, 0.6) is 0 Å². The maximum Gasteiger partial charge on any atom is 0.279 e. The lowest BCUT2D eigenvalue weighted by molar-refractivity contribution is -1.00. The average molecular weight is 418 g/mol. The highest BCUT2D eigenvalue weighted by molar-refractivity contribution is 5.91. The van der Waals surface area contributed by atoms with E-state index in [0.717, 1.165) is 36.6 Å². The Morgan fingerprint density at radius 2 is 1.53 bits per heavy atom. The molecule has 1 aliphatic heterocycles. The molecule has 8 heteroatoms. The second-order valence-electron chi connectivity index (χ2n) is 7.79. The molecule has 0 spiro atoms. The van der Waals surface area contributed by atoms with Crippen molar-refractivity contribution in [2.24, 2.45) is 0 Å². The monoisotopic (exact) mass is 418 g/mol. The maximum absolute atomic E-state index is 13.3. The minimum Gasteiger partial charge on any atom is -0.337 e. The van der Waals surface area contributed by atoms with Crippen LogP contribution in [0, 0.1) is 11.6 Å². The molecule has 1 aliphatic rings. The molecule has 0 atom stereocenters. The van der Waals surface area contributed by atoms with Crippen molar-refractivity contribution in [3.63, 3.8) is 0 Å². The maximum atomic E-state index is 13.3. The van der Waals surface area contributed by atoms with E-state index < -0.39 is 0 Å². The summed E-state index contributed by atoms with van der Waals surface area (Å²) in [4.78, 5) is 28.6. The first kappa shape index (κ1) is 21.9. The summed E-state index contributed by atoms with van der Waals surface area (Å²) in [5, 5.41) is 2.72. The normalized spacial score (nSPS) is 18.6. The second-order valence-corrected chi connectivity index (χ2v) is 7.79. The largest absolute Gasteiger partial charge is 0.337 e. The van der Waals surface area contributed by atoms with Crippen LogP contribution in [0.3, 0.4) is 0 Å². The van der Waals surface area contributed by atoms with E-state index in [-0.39, 0.29) is 23.4 Å². The van der Waals surface area contributed by atoms with Gasteiger partial charge in [0.2, 0.25) is 0 Å². The number of rotatable bonds is 7. The van der Waals surface area contributed by atoms with Gasteiger partial charge in [-0.15, -0.1) is 0 Å². The van der Waals surface area contributed by atoms with Crippen molar-refractivity contribution in [2.45, 2.75) is 6.54 Å². The number of carbonyl (C=O) groups excluding carboxylic acids is 2. The van der Waals surface area contributed by atoms with Crippen LogP contribution in [0.15, 0.2) is 48.5 Å². The Balaban J connectivity index is 1.39. The molecule has 30 heavy (non-hydrogen) atoms. The van der Waals surface area contributed by atoms with E-state index in [2.05, 4.69) is 5.32 Å². The van der Waals surface area contributed by atoms with Crippen LogP contribution in [0.4, 0.5) is 14.5 Å². The molecule has 0 aromatic heterocycles. The fraction of sp³-hybridized carbons (Fsp3) is 0.364. The SMILES string of the molecule is CN(Cc1cccc(F)c1)C(=O)C[NH+]1CC[NH+](CC(=O)Nc2cccc(F)c2)CC1. The average Bonchev–Trinajstić information content (AvgIpc) is 2.69. The molecule has 2 aromatic carbocycles. The number of halogens is 2. The molecule has 0 radical (unpaired) electrons. The number of carbonyl (C=O) groups is 2. The van der Waals surface area contributed by atoms with Crippen molar-refractivity contribution in [1.82, 2.24) is 4.90 Å². The van der Waals surface area contributed by atoms with Crippen molar-refractivity contribution in [2.75, 3.05) is 51.6 Å². The van der Waals surface area contributed by atoms with Crippen molar-refractivity contribution in [3.8, 4) is 0 Å². The van der Waals surface area contributed by atoms with Gasteiger partial charge in [0, 0.05) is 19.3 Å². The van der Waals surface area contributed by atoms with Crippen molar-refractivity contribution in [3.05, 3.63) is 65.7 Å². The summed E-state index contributed by atoms with van der Waals surface area (Å²) in [7, 11) is 1.73. The molecule has 0 bridgehead atoms. The van der Waals surface area contributed by atoms with Crippen molar-refractivity contribution in [1.29, 1.82) is 0 Å². The first-order chi connectivity index (χ1) is 14.4. The molecule has 3 rings (SSSR count). The quantitative estimate of drug-likeness (QED) is 0.560. The number of hydrogen-bond acceptors (Lipinski definition) is 2. The number of amides is 2. The molecule has 1 fully saturated rings. The van der Waals surface area contributed by atoms with Crippen LogP contribution in [0.2, 0.25) is 0 Å². The van der Waals surface area contributed by atoms with Crippen LogP contribution in [0.25, 0.3) is 0 Å². The Kier molecular flexibility index (Phi) is 7.48. The van der Waals surface area contributed by atoms with E-state index in [0.29, 0.717) is 25.3 Å². The van der Waals surface area contributed by atoms with Crippen LogP contribution in [0.1, 0.15) is 5.56 Å². The van der Waals surface area contributed by atoms with E-state index in [9.17, 15) is 18.4 Å². The molecule has 160 valence electrons. The fourth-order valence-corrected chi connectivity index (χ4v) is 3.66. The zero-order chi connectivity index (χ0) is 21.5. The number of benzene rings is 2. The van der Waals surface area contributed by atoms with Gasteiger partial charge < -0.3 is 20.0 Å². The van der Waals surface area contributed by atoms with E-state index >= 15 is 0 Å². The van der Waals surface area contributed by atoms with Gasteiger partial charge in [-0.2, -0.15) is 0 Å². The second kappa shape index (κ2) is 10.3. The Morgan fingerprint density at radius 3 is 2.17 bits per heavy atom. The first-order valence-electron chi connectivity index (χ1n) is 10.1. The van der Waals surface area contributed by atoms with Gasteiger partial charge in [0.15, 0.2) is 13.1 Å². The molecule has 3 N–H and O–H groups in total. The van der Waals surface area contributed by atoms with Gasteiger partial charge in [-0.3, -0.25) is 9.59 Å². The van der Waals surface area contributed by atoms with Crippen LogP contribution < -0.4 is 15.1 Å². The summed E-state index contributed by atoms with van der Waals surface area (Å²) in [5.41, 5.74) is 1.22. The summed E-state index contributed by atoms with van der Waals surface area (Å²) < 4.78 is 26.5. The van der Waals surface area contributed by atoms with Crippen LogP contribution in [-0.4, -0.2) is 63.0 Å². The van der Waals surface area contributed by atoms with Crippen LogP contribution >= 0.6 is 0 Å².